The third-order valence-electron chi connectivity index (χ3n) is 5.91. The van der Waals surface area contributed by atoms with Crippen molar-refractivity contribution in [1.29, 1.82) is 5.26 Å². The van der Waals surface area contributed by atoms with Gasteiger partial charge in [0.25, 0.3) is 14.1 Å². The van der Waals surface area contributed by atoms with Crippen LogP contribution in [0.15, 0.2) is 15.8 Å². The van der Waals surface area contributed by atoms with Crippen molar-refractivity contribution < 1.29 is 23.7 Å². The maximum Gasteiger partial charge on any atom is 0.330 e. The van der Waals surface area contributed by atoms with Gasteiger partial charge in [-0.1, -0.05) is 0 Å². The number of hydrogen-bond donors (Lipinski definition) is 4. The lowest BCUT2D eigenvalue weighted by Gasteiger charge is -2.39. The zero-order chi connectivity index (χ0) is 25.9. The predicted molar refractivity (Wildman–Crippen MR) is 126 cm³/mol. The lowest BCUT2D eigenvalue weighted by molar-refractivity contribution is -0.122. The molecule has 3 rings (SSSR count). The highest BCUT2D eigenvalue weighted by Gasteiger charge is 2.60. The Kier molecular flexibility index (Phi) is 8.69. The van der Waals surface area contributed by atoms with Gasteiger partial charge in [0.1, 0.15) is 17.7 Å². The van der Waals surface area contributed by atoms with E-state index in [1.54, 1.807) is 6.92 Å². The molecule has 0 aromatic carbocycles. The standard InChI is InChI=1S/C21H33N6O7P/c1-12(2)27(13(3)4)35(32-8-6-7-22)34-16-15-18(26-9-14(5)17(29)25-20(26)31)33-21(16,11-28)10-23-19(30)24-15/h9,12-13,15-16,18,28H,6,8,10-11H2,1-5H3,(H2,23,24,30)(H,25,29,31)/t15?,16-,18+,21+,35?/m0/s1. The van der Waals surface area contributed by atoms with E-state index in [9.17, 15) is 19.5 Å². The van der Waals surface area contributed by atoms with Crippen molar-refractivity contribution in [3.63, 3.8) is 0 Å². The molecule has 2 aliphatic heterocycles. The summed E-state index contributed by atoms with van der Waals surface area (Å²) in [5, 5.41) is 24.9. The molecule has 0 spiro atoms. The van der Waals surface area contributed by atoms with E-state index in [1.807, 2.05) is 38.4 Å². The molecule has 35 heavy (non-hydrogen) atoms. The van der Waals surface area contributed by atoms with E-state index in [-0.39, 0.29) is 37.2 Å². The summed E-state index contributed by atoms with van der Waals surface area (Å²) in [6, 6.07) is 0.666. The van der Waals surface area contributed by atoms with Crippen molar-refractivity contribution >= 4 is 14.6 Å². The third kappa shape index (κ3) is 5.58. The van der Waals surface area contributed by atoms with Gasteiger partial charge in [-0.15, -0.1) is 0 Å². The van der Waals surface area contributed by atoms with Gasteiger partial charge in [0, 0.05) is 23.8 Å². The van der Waals surface area contributed by atoms with Gasteiger partial charge in [0.15, 0.2) is 6.23 Å². The molecule has 0 saturated carbocycles. The van der Waals surface area contributed by atoms with Gasteiger partial charge in [0.05, 0.1) is 32.2 Å². The number of amides is 2. The number of carbonyl (C=O) groups is 1. The topological polar surface area (TPSA) is 171 Å². The van der Waals surface area contributed by atoms with Crippen molar-refractivity contribution in [2.45, 2.75) is 77.1 Å². The highest BCUT2D eigenvalue weighted by Crippen LogP contribution is 2.52. The number of urea groups is 1. The highest BCUT2D eigenvalue weighted by atomic mass is 31.2. The van der Waals surface area contributed by atoms with E-state index < -0.39 is 56.4 Å². The molecule has 2 saturated heterocycles. The molecule has 3 heterocycles. The van der Waals surface area contributed by atoms with E-state index in [4.69, 9.17) is 19.0 Å². The average molecular weight is 513 g/mol. The molecule has 5 atom stereocenters. The number of nitrogens with one attached hydrogen (secondary N) is 3. The molecule has 0 aliphatic carbocycles. The molecule has 2 unspecified atom stereocenters. The van der Waals surface area contributed by atoms with Crippen LogP contribution in [0, 0.1) is 18.3 Å². The summed E-state index contributed by atoms with van der Waals surface area (Å²) >= 11 is 0. The van der Waals surface area contributed by atoms with Crippen LogP contribution in [-0.2, 0) is 13.8 Å². The second kappa shape index (κ2) is 11.2. The zero-order valence-corrected chi connectivity index (χ0v) is 21.4. The van der Waals surface area contributed by atoms with E-state index in [0.717, 1.165) is 0 Å². The van der Waals surface area contributed by atoms with Crippen molar-refractivity contribution in [3.8, 4) is 6.07 Å². The van der Waals surface area contributed by atoms with Crippen LogP contribution in [0.4, 0.5) is 4.79 Å². The number of H-pyrrole nitrogens is 1. The number of aryl methyl sites for hydroxylation is 1. The Morgan fingerprint density at radius 3 is 2.63 bits per heavy atom. The van der Waals surface area contributed by atoms with Gasteiger partial charge in [-0.05, 0) is 34.6 Å². The number of rotatable bonds is 10. The molecule has 14 heteroatoms. The summed E-state index contributed by atoms with van der Waals surface area (Å²) in [7, 11) is -1.75. The van der Waals surface area contributed by atoms with Crippen LogP contribution in [-0.4, -0.2) is 74.9 Å². The molecular formula is C21H33N6O7P. The summed E-state index contributed by atoms with van der Waals surface area (Å²) < 4.78 is 21.9. The number of aliphatic hydroxyl groups excluding tert-OH is 1. The van der Waals surface area contributed by atoms with E-state index in [2.05, 4.69) is 15.6 Å². The Labute approximate surface area is 204 Å². The van der Waals surface area contributed by atoms with Crippen molar-refractivity contribution in [2.24, 2.45) is 0 Å². The van der Waals surface area contributed by atoms with Crippen molar-refractivity contribution in [2.75, 3.05) is 19.8 Å². The number of aromatic nitrogens is 2. The minimum atomic E-state index is -1.75. The average Bonchev–Trinajstić information content (AvgIpc) is 2.99. The van der Waals surface area contributed by atoms with E-state index in [1.165, 1.54) is 10.8 Å². The quantitative estimate of drug-likeness (QED) is 0.257. The molecule has 1 aromatic heterocycles. The second-order valence-electron chi connectivity index (χ2n) is 9.14. The Balaban J connectivity index is 2.06. The summed E-state index contributed by atoms with van der Waals surface area (Å²) in [5.74, 6) is 0. The number of fused-ring (bicyclic) bond motifs is 2. The lowest BCUT2D eigenvalue weighted by Crippen LogP contribution is -2.53. The van der Waals surface area contributed by atoms with Gasteiger partial charge >= 0.3 is 11.7 Å². The molecule has 2 aliphatic rings. The molecule has 2 bridgehead atoms. The number of carbonyl (C=O) groups excluding carboxylic acids is 1. The fraction of sp³-hybridized carbons (Fsp3) is 0.714. The molecular weight excluding hydrogens is 479 g/mol. The number of nitrogens with zero attached hydrogens (tertiary/aromatic N) is 3. The van der Waals surface area contributed by atoms with Crippen LogP contribution < -0.4 is 21.9 Å². The predicted octanol–water partition coefficient (Wildman–Crippen LogP) is 0.448. The fourth-order valence-corrected chi connectivity index (χ4v) is 6.14. The lowest BCUT2D eigenvalue weighted by atomic mass is 9.95. The van der Waals surface area contributed by atoms with Crippen molar-refractivity contribution in [3.05, 3.63) is 32.6 Å². The molecule has 1 aromatic rings. The normalized spacial score (nSPS) is 27.0. The number of aromatic amines is 1. The number of ether oxygens (including phenoxy) is 1. The Hall–Kier alpha value is -2.33. The smallest absolute Gasteiger partial charge is 0.330 e. The molecule has 4 N–H and O–H groups in total. The van der Waals surface area contributed by atoms with Crippen LogP contribution in [0.25, 0.3) is 0 Å². The minimum Gasteiger partial charge on any atom is -0.393 e. The Morgan fingerprint density at radius 1 is 1.34 bits per heavy atom. The zero-order valence-electron chi connectivity index (χ0n) is 20.5. The molecule has 13 nitrogen and oxygen atoms in total. The summed E-state index contributed by atoms with van der Waals surface area (Å²) in [6.07, 6.45) is -0.479. The van der Waals surface area contributed by atoms with Crippen LogP contribution >= 0.6 is 8.53 Å². The molecule has 2 fully saturated rings. The largest absolute Gasteiger partial charge is 0.393 e. The summed E-state index contributed by atoms with van der Waals surface area (Å²) in [5.41, 5.74) is -2.38. The summed E-state index contributed by atoms with van der Waals surface area (Å²) in [6.45, 7) is 9.02. The first-order valence-corrected chi connectivity index (χ1v) is 12.6. The van der Waals surface area contributed by atoms with Gasteiger partial charge in [-0.25, -0.2) is 14.3 Å². The Morgan fingerprint density at radius 2 is 2.03 bits per heavy atom. The van der Waals surface area contributed by atoms with Crippen LogP contribution in [0.2, 0.25) is 0 Å². The van der Waals surface area contributed by atoms with Gasteiger partial charge in [0.2, 0.25) is 0 Å². The molecule has 2 amide bonds. The third-order valence-corrected chi connectivity index (χ3v) is 8.02. The monoisotopic (exact) mass is 512 g/mol. The minimum absolute atomic E-state index is 0.0191. The first-order valence-electron chi connectivity index (χ1n) is 11.4. The van der Waals surface area contributed by atoms with Crippen LogP contribution in [0.3, 0.4) is 0 Å². The maximum absolute atomic E-state index is 12.7. The number of nitriles is 1. The van der Waals surface area contributed by atoms with Gasteiger partial charge in [-0.2, -0.15) is 5.26 Å². The van der Waals surface area contributed by atoms with E-state index in [0.29, 0.717) is 0 Å². The van der Waals surface area contributed by atoms with Crippen LogP contribution in [0.5, 0.6) is 0 Å². The first-order chi connectivity index (χ1) is 16.5. The molecule has 194 valence electrons. The Bertz CT molecular complexity index is 1060. The summed E-state index contributed by atoms with van der Waals surface area (Å²) in [4.78, 5) is 39.3. The van der Waals surface area contributed by atoms with Crippen LogP contribution in [0.1, 0.15) is 45.9 Å². The highest BCUT2D eigenvalue weighted by molar-refractivity contribution is 7.44. The SMILES string of the molecule is Cc1cn([C@@H]2O[C@@]3(CO)CNC(=O)NC2[C@@H]3OP(OCCC#N)N(C(C)C)C(C)C)c(=O)[nH]c1=O. The van der Waals surface area contributed by atoms with Gasteiger partial charge in [-0.3, -0.25) is 14.3 Å². The van der Waals surface area contributed by atoms with E-state index >= 15 is 0 Å². The maximum atomic E-state index is 12.7. The second-order valence-corrected chi connectivity index (χ2v) is 10.5. The fourth-order valence-electron chi connectivity index (χ4n) is 4.32. The number of aliphatic hydroxyl groups is 1. The van der Waals surface area contributed by atoms with Crippen molar-refractivity contribution in [1.82, 2.24) is 24.9 Å². The molecule has 0 radical (unpaired) electrons. The first kappa shape index (κ1) is 27.3. The number of hydrogen-bond acceptors (Lipinski definition) is 9. The van der Waals surface area contributed by atoms with Gasteiger partial charge < -0.3 is 29.5 Å².